The normalized spacial score (nSPS) is 21.7. The summed E-state index contributed by atoms with van der Waals surface area (Å²) in [5.74, 6) is 0. The van der Waals surface area contributed by atoms with Crippen molar-refractivity contribution in [3.63, 3.8) is 0 Å². The molecule has 1 atom stereocenters. The summed E-state index contributed by atoms with van der Waals surface area (Å²) in [4.78, 5) is 0. The summed E-state index contributed by atoms with van der Waals surface area (Å²) in [6, 6.07) is 8.28. The average Bonchev–Trinajstić information content (AvgIpc) is 2.30. The van der Waals surface area contributed by atoms with E-state index in [1.807, 2.05) is 0 Å². The third kappa shape index (κ3) is 2.48. The second-order valence-corrected chi connectivity index (χ2v) is 4.57. The van der Waals surface area contributed by atoms with Crippen molar-refractivity contribution in [1.29, 1.82) is 0 Å². The van der Waals surface area contributed by atoms with Crippen molar-refractivity contribution in [1.82, 2.24) is 5.32 Å². The van der Waals surface area contributed by atoms with Crippen LogP contribution in [0.15, 0.2) is 18.2 Å². The minimum absolute atomic E-state index is 0.588. The molecule has 3 N–H and O–H groups in total. The Kier molecular flexibility index (Phi) is 3.56. The van der Waals surface area contributed by atoms with E-state index in [1.165, 1.54) is 23.2 Å². The van der Waals surface area contributed by atoms with Gasteiger partial charge in [-0.15, -0.1) is 0 Å². The molecule has 0 spiro atoms. The number of quaternary nitrogens is 1. The van der Waals surface area contributed by atoms with Crippen molar-refractivity contribution in [3.05, 3.63) is 34.9 Å². The van der Waals surface area contributed by atoms with Crippen LogP contribution in [0.25, 0.3) is 0 Å². The minimum atomic E-state index is 0.588. The molecule has 0 amide bonds. The van der Waals surface area contributed by atoms with E-state index in [2.05, 4.69) is 46.0 Å². The molecule has 1 unspecified atom stereocenters. The van der Waals surface area contributed by atoms with Gasteiger partial charge in [-0.3, -0.25) is 0 Å². The summed E-state index contributed by atoms with van der Waals surface area (Å²) in [6.45, 7) is 5.56. The van der Waals surface area contributed by atoms with Gasteiger partial charge in [-0.25, -0.2) is 0 Å². The van der Waals surface area contributed by atoms with E-state index in [4.69, 9.17) is 0 Å². The number of hydrogen-bond acceptors (Lipinski definition) is 1. The van der Waals surface area contributed by atoms with Crippen LogP contribution in [-0.2, 0) is 6.04 Å². The van der Waals surface area contributed by atoms with Gasteiger partial charge in [-0.1, -0.05) is 0 Å². The Morgan fingerprint density at radius 1 is 1.53 bits per heavy atom. The number of benzene rings is 1. The molecule has 15 heavy (non-hydrogen) atoms. The van der Waals surface area contributed by atoms with Crippen LogP contribution in [0.3, 0.4) is 0 Å². The van der Waals surface area contributed by atoms with Crippen LogP contribution in [0.5, 0.6) is 0 Å². The standard InChI is InChI=1S/C12H17N2Si/c1-9-2-3-10(8-15)11(6-9)12-7-13-4-5-14-12/h2-3,6,12-14H,4-5,7-8H2,1H3/q+3/p+1. The van der Waals surface area contributed by atoms with E-state index in [-0.39, 0.29) is 0 Å². The molecular weight excluding hydrogens is 200 g/mol. The van der Waals surface area contributed by atoms with Crippen LogP contribution in [-0.4, -0.2) is 29.9 Å². The molecule has 1 heterocycles. The number of nitrogens with two attached hydrogens (primary N) is 1. The summed E-state index contributed by atoms with van der Waals surface area (Å²) >= 11 is 0. The second-order valence-electron chi connectivity index (χ2n) is 4.21. The molecular formula is C12H18N2Si+4. The van der Waals surface area contributed by atoms with Gasteiger partial charge in [0.05, 0.1) is 0 Å². The monoisotopic (exact) mass is 218 g/mol. The number of piperazine rings is 1. The zero-order chi connectivity index (χ0) is 10.7. The zero-order valence-corrected chi connectivity index (χ0v) is 10.2. The molecule has 1 aromatic carbocycles. The van der Waals surface area contributed by atoms with Gasteiger partial charge in [0.25, 0.3) is 0 Å². The molecule has 76 valence electrons. The number of aryl methyl sites for hydroxylation is 1. The van der Waals surface area contributed by atoms with Crippen LogP contribution in [0.2, 0.25) is 0 Å². The summed E-state index contributed by atoms with van der Waals surface area (Å²) in [6.07, 6.45) is 0. The number of rotatable bonds is 2. The molecule has 1 aliphatic rings. The van der Waals surface area contributed by atoms with Gasteiger partial charge in [0, 0.05) is 0 Å². The van der Waals surface area contributed by atoms with Gasteiger partial charge in [0.15, 0.2) is 0 Å². The Labute approximate surface area is 94.9 Å². The van der Waals surface area contributed by atoms with Crippen molar-refractivity contribution in [3.8, 4) is 0 Å². The van der Waals surface area contributed by atoms with Crippen LogP contribution in [0.4, 0.5) is 0 Å². The first kappa shape index (κ1) is 10.9. The van der Waals surface area contributed by atoms with E-state index in [9.17, 15) is 0 Å². The van der Waals surface area contributed by atoms with Crippen LogP contribution in [0, 0.1) is 6.92 Å². The van der Waals surface area contributed by atoms with Gasteiger partial charge in [0.1, 0.15) is 0 Å². The summed E-state index contributed by atoms with van der Waals surface area (Å²) < 4.78 is 0. The van der Waals surface area contributed by atoms with Crippen LogP contribution in [0.1, 0.15) is 22.7 Å². The van der Waals surface area contributed by atoms with Crippen molar-refractivity contribution >= 4 is 10.2 Å². The van der Waals surface area contributed by atoms with Crippen molar-refractivity contribution in [2.24, 2.45) is 0 Å². The van der Waals surface area contributed by atoms with E-state index in [0.29, 0.717) is 6.04 Å². The molecule has 2 nitrogen and oxygen atoms in total. The quantitative estimate of drug-likeness (QED) is 0.665. The summed E-state index contributed by atoms with van der Waals surface area (Å²) in [7, 11) is 3.61. The van der Waals surface area contributed by atoms with Crippen molar-refractivity contribution < 1.29 is 5.32 Å². The van der Waals surface area contributed by atoms with Gasteiger partial charge >= 0.3 is 94.4 Å². The molecule has 1 saturated heterocycles. The molecule has 1 fully saturated rings. The van der Waals surface area contributed by atoms with Gasteiger partial charge in [-0.2, -0.15) is 0 Å². The van der Waals surface area contributed by atoms with Crippen molar-refractivity contribution in [2.45, 2.75) is 19.0 Å². The second kappa shape index (κ2) is 4.92. The fraction of sp³-hybridized carbons (Fsp3) is 0.500. The van der Waals surface area contributed by atoms with E-state index in [1.54, 1.807) is 0 Å². The first-order valence-electron chi connectivity index (χ1n) is 5.59. The van der Waals surface area contributed by atoms with Gasteiger partial charge in [-0.05, 0) is 0 Å². The number of hydrogen-bond donors (Lipinski definition) is 2. The summed E-state index contributed by atoms with van der Waals surface area (Å²) in [5, 5.41) is 5.90. The van der Waals surface area contributed by atoms with Gasteiger partial charge in [0.2, 0.25) is 0 Å². The molecule has 1 aromatic rings. The Morgan fingerprint density at radius 3 is 3.07 bits per heavy atom. The summed E-state index contributed by atoms with van der Waals surface area (Å²) in [5.41, 5.74) is 4.26. The SMILES string of the molecule is Cc1ccc(C[Si+3])c(C2CNCC[NH2+]2)c1. The molecule has 0 radical (unpaired) electrons. The average molecular weight is 218 g/mol. The molecule has 0 saturated carbocycles. The topological polar surface area (TPSA) is 28.6 Å². The Morgan fingerprint density at radius 2 is 2.40 bits per heavy atom. The fourth-order valence-corrected chi connectivity index (χ4v) is 2.51. The predicted molar refractivity (Wildman–Crippen MR) is 63.0 cm³/mol. The van der Waals surface area contributed by atoms with E-state index >= 15 is 0 Å². The van der Waals surface area contributed by atoms with Crippen LogP contribution >= 0.6 is 0 Å². The number of nitrogens with one attached hydrogen (secondary N) is 1. The Bertz CT molecular complexity index is 332. The van der Waals surface area contributed by atoms with Crippen molar-refractivity contribution in [2.75, 3.05) is 19.6 Å². The first-order valence-corrected chi connectivity index (χ1v) is 6.30. The van der Waals surface area contributed by atoms with E-state index < -0.39 is 0 Å². The maximum atomic E-state index is 3.61. The first-order chi connectivity index (χ1) is 7.31. The van der Waals surface area contributed by atoms with Crippen LogP contribution < -0.4 is 10.6 Å². The maximum absolute atomic E-state index is 3.61. The molecule has 0 bridgehead atoms. The van der Waals surface area contributed by atoms with Gasteiger partial charge < -0.3 is 0 Å². The third-order valence-corrected chi connectivity index (χ3v) is 3.41. The Hall–Kier alpha value is -0.643. The Balaban J connectivity index is 2.27. The molecule has 0 aliphatic carbocycles. The molecule has 1 aliphatic heterocycles. The fourth-order valence-electron chi connectivity index (χ4n) is 2.18. The third-order valence-electron chi connectivity index (χ3n) is 3.03. The zero-order valence-electron chi connectivity index (χ0n) is 9.22. The van der Waals surface area contributed by atoms with E-state index in [0.717, 1.165) is 19.1 Å². The molecule has 0 aromatic heterocycles. The molecule has 3 heteroatoms. The molecule has 2 rings (SSSR count). The predicted octanol–water partition coefficient (Wildman–Crippen LogP) is -0.129.